The number of ether oxygens (including phenoxy) is 1. The topological polar surface area (TPSA) is 117 Å². The Bertz CT molecular complexity index is 736. The number of imide groups is 1. The van der Waals surface area contributed by atoms with Crippen LogP contribution in [0.15, 0.2) is 24.3 Å². The van der Waals surface area contributed by atoms with Crippen molar-refractivity contribution < 1.29 is 23.9 Å². The van der Waals surface area contributed by atoms with E-state index in [1.54, 1.807) is 13.0 Å². The first-order valence-corrected chi connectivity index (χ1v) is 8.04. The number of benzene rings is 1. The first-order valence-electron chi connectivity index (χ1n) is 8.04. The first kappa shape index (κ1) is 19.2. The molecular weight excluding hydrogens is 340 g/mol. The minimum Gasteiger partial charge on any atom is -0.496 e. The van der Waals surface area contributed by atoms with Crippen molar-refractivity contribution in [3.8, 4) is 5.75 Å². The molecule has 1 aromatic carbocycles. The molecule has 0 radical (unpaired) electrons. The lowest BCUT2D eigenvalue weighted by molar-refractivity contribution is -0.134. The molecule has 1 aliphatic heterocycles. The zero-order valence-electron chi connectivity index (χ0n) is 14.9. The predicted molar refractivity (Wildman–Crippen MR) is 92.4 cm³/mol. The average molecular weight is 362 g/mol. The van der Waals surface area contributed by atoms with Crippen LogP contribution in [0.2, 0.25) is 0 Å². The standard InChI is InChI=1S/C17H22N4O5/c1-17(8-11-6-4-5-7-12(11)26-3)15(24)21(16(25)20-17)10-14(23)19-9-13(22)18-2/h4-7H,8-10H2,1-3H3,(H,18,22)(H,19,23)(H,20,25)/t17-/m1/s1. The number of hydrogen-bond acceptors (Lipinski definition) is 5. The van der Waals surface area contributed by atoms with E-state index in [1.807, 2.05) is 18.2 Å². The Labute approximate surface area is 151 Å². The van der Waals surface area contributed by atoms with Crippen LogP contribution in [0.4, 0.5) is 4.79 Å². The third kappa shape index (κ3) is 4.11. The molecule has 1 heterocycles. The Balaban J connectivity index is 2.07. The fourth-order valence-electron chi connectivity index (χ4n) is 2.71. The van der Waals surface area contributed by atoms with E-state index in [2.05, 4.69) is 16.0 Å². The van der Waals surface area contributed by atoms with Gasteiger partial charge in [-0.05, 0) is 18.6 Å². The summed E-state index contributed by atoms with van der Waals surface area (Å²) in [5, 5.41) is 7.34. The zero-order chi connectivity index (χ0) is 19.3. The fourth-order valence-corrected chi connectivity index (χ4v) is 2.71. The van der Waals surface area contributed by atoms with E-state index < -0.39 is 29.9 Å². The van der Waals surface area contributed by atoms with E-state index in [-0.39, 0.29) is 18.9 Å². The summed E-state index contributed by atoms with van der Waals surface area (Å²) in [6.07, 6.45) is 0.220. The summed E-state index contributed by atoms with van der Waals surface area (Å²) >= 11 is 0. The highest BCUT2D eigenvalue weighted by molar-refractivity contribution is 6.09. The number of nitrogens with zero attached hydrogens (tertiary/aromatic N) is 1. The molecule has 0 bridgehead atoms. The van der Waals surface area contributed by atoms with Gasteiger partial charge in [-0.3, -0.25) is 19.3 Å². The lowest BCUT2D eigenvalue weighted by Gasteiger charge is -2.22. The highest BCUT2D eigenvalue weighted by atomic mass is 16.5. The first-order chi connectivity index (χ1) is 12.3. The monoisotopic (exact) mass is 362 g/mol. The highest BCUT2D eigenvalue weighted by Gasteiger charge is 2.48. The molecule has 3 N–H and O–H groups in total. The summed E-state index contributed by atoms with van der Waals surface area (Å²) in [7, 11) is 2.97. The van der Waals surface area contributed by atoms with Gasteiger partial charge in [-0.1, -0.05) is 18.2 Å². The van der Waals surface area contributed by atoms with E-state index in [4.69, 9.17) is 4.74 Å². The maximum atomic E-state index is 12.7. The summed E-state index contributed by atoms with van der Waals surface area (Å²) in [6, 6.07) is 6.55. The molecule has 0 unspecified atom stereocenters. The molecule has 1 saturated heterocycles. The summed E-state index contributed by atoms with van der Waals surface area (Å²) in [5.41, 5.74) is -0.427. The molecule has 1 aromatic rings. The molecule has 5 amide bonds. The number of rotatable bonds is 7. The van der Waals surface area contributed by atoms with Gasteiger partial charge >= 0.3 is 6.03 Å². The average Bonchev–Trinajstić information content (AvgIpc) is 2.83. The van der Waals surface area contributed by atoms with Gasteiger partial charge in [0.1, 0.15) is 17.8 Å². The van der Waals surface area contributed by atoms with Crippen LogP contribution in [0, 0.1) is 0 Å². The van der Waals surface area contributed by atoms with E-state index in [9.17, 15) is 19.2 Å². The molecule has 9 nitrogen and oxygen atoms in total. The van der Waals surface area contributed by atoms with Gasteiger partial charge in [0.2, 0.25) is 11.8 Å². The summed E-state index contributed by atoms with van der Waals surface area (Å²) in [5.74, 6) is -0.878. The van der Waals surface area contributed by atoms with Crippen molar-refractivity contribution in [3.05, 3.63) is 29.8 Å². The SMILES string of the molecule is CNC(=O)CNC(=O)CN1C(=O)N[C@](C)(Cc2ccccc2OC)C1=O. The molecule has 1 aliphatic rings. The van der Waals surface area contributed by atoms with Crippen LogP contribution in [0.25, 0.3) is 0 Å². The molecule has 0 saturated carbocycles. The number of likely N-dealkylation sites (N-methyl/N-ethyl adjacent to an activating group) is 1. The van der Waals surface area contributed by atoms with Gasteiger partial charge in [0, 0.05) is 13.5 Å². The largest absolute Gasteiger partial charge is 0.496 e. The number of urea groups is 1. The van der Waals surface area contributed by atoms with Gasteiger partial charge in [-0.2, -0.15) is 0 Å². The Hall–Kier alpha value is -3.10. The van der Waals surface area contributed by atoms with Crippen molar-refractivity contribution in [2.75, 3.05) is 27.2 Å². The van der Waals surface area contributed by atoms with Crippen LogP contribution in [0.3, 0.4) is 0 Å². The van der Waals surface area contributed by atoms with Crippen LogP contribution < -0.4 is 20.7 Å². The van der Waals surface area contributed by atoms with Crippen LogP contribution in [-0.4, -0.2) is 61.4 Å². The van der Waals surface area contributed by atoms with E-state index in [0.29, 0.717) is 5.75 Å². The van der Waals surface area contributed by atoms with Gasteiger partial charge in [0.25, 0.3) is 5.91 Å². The van der Waals surface area contributed by atoms with Crippen molar-refractivity contribution in [1.82, 2.24) is 20.9 Å². The number of hydrogen-bond donors (Lipinski definition) is 3. The lowest BCUT2D eigenvalue weighted by atomic mass is 9.92. The maximum absolute atomic E-state index is 12.7. The quantitative estimate of drug-likeness (QED) is 0.561. The molecule has 26 heavy (non-hydrogen) atoms. The van der Waals surface area contributed by atoms with Crippen LogP contribution >= 0.6 is 0 Å². The van der Waals surface area contributed by atoms with Crippen LogP contribution in [-0.2, 0) is 20.8 Å². The number of nitrogens with one attached hydrogen (secondary N) is 3. The molecule has 140 valence electrons. The summed E-state index contributed by atoms with van der Waals surface area (Å²) in [4.78, 5) is 48.8. The number of carbonyl (C=O) groups excluding carboxylic acids is 4. The van der Waals surface area contributed by atoms with Crippen molar-refractivity contribution in [2.24, 2.45) is 0 Å². The third-order valence-electron chi connectivity index (χ3n) is 4.11. The number of para-hydroxylation sites is 1. The number of amides is 5. The summed E-state index contributed by atoms with van der Waals surface area (Å²) in [6.45, 7) is 0.919. The Kier molecular flexibility index (Phi) is 5.81. The van der Waals surface area contributed by atoms with Gasteiger partial charge in [-0.15, -0.1) is 0 Å². The molecular formula is C17H22N4O5. The smallest absolute Gasteiger partial charge is 0.325 e. The van der Waals surface area contributed by atoms with Crippen molar-refractivity contribution in [1.29, 1.82) is 0 Å². The maximum Gasteiger partial charge on any atom is 0.325 e. The van der Waals surface area contributed by atoms with Crippen molar-refractivity contribution in [2.45, 2.75) is 18.9 Å². The second-order valence-electron chi connectivity index (χ2n) is 6.09. The molecule has 2 rings (SSSR count). The predicted octanol–water partition coefficient (Wildman–Crippen LogP) is -0.590. The second-order valence-corrected chi connectivity index (χ2v) is 6.09. The molecule has 0 aliphatic carbocycles. The van der Waals surface area contributed by atoms with Crippen molar-refractivity contribution >= 4 is 23.8 Å². The molecule has 1 atom stereocenters. The Morgan fingerprint density at radius 2 is 1.92 bits per heavy atom. The van der Waals surface area contributed by atoms with E-state index >= 15 is 0 Å². The van der Waals surface area contributed by atoms with E-state index in [1.165, 1.54) is 14.2 Å². The molecule has 0 aromatic heterocycles. The zero-order valence-corrected chi connectivity index (χ0v) is 14.9. The second kappa shape index (κ2) is 7.85. The van der Waals surface area contributed by atoms with Crippen LogP contribution in [0.5, 0.6) is 5.75 Å². The normalized spacial score (nSPS) is 19.1. The molecule has 9 heteroatoms. The van der Waals surface area contributed by atoms with Crippen LogP contribution in [0.1, 0.15) is 12.5 Å². The van der Waals surface area contributed by atoms with Gasteiger partial charge in [0.05, 0.1) is 13.7 Å². The Morgan fingerprint density at radius 1 is 1.23 bits per heavy atom. The minimum atomic E-state index is -1.19. The van der Waals surface area contributed by atoms with Gasteiger partial charge < -0.3 is 20.7 Å². The molecule has 1 fully saturated rings. The van der Waals surface area contributed by atoms with Gasteiger partial charge in [0.15, 0.2) is 0 Å². The van der Waals surface area contributed by atoms with Crippen molar-refractivity contribution in [3.63, 3.8) is 0 Å². The number of carbonyl (C=O) groups is 4. The summed E-state index contributed by atoms with van der Waals surface area (Å²) < 4.78 is 5.28. The fraction of sp³-hybridized carbons (Fsp3) is 0.412. The Morgan fingerprint density at radius 3 is 2.58 bits per heavy atom. The van der Waals surface area contributed by atoms with E-state index in [0.717, 1.165) is 10.5 Å². The number of methoxy groups -OCH3 is 1. The highest BCUT2D eigenvalue weighted by Crippen LogP contribution is 2.27. The minimum absolute atomic E-state index is 0.220. The lowest BCUT2D eigenvalue weighted by Crippen LogP contribution is -2.47. The third-order valence-corrected chi connectivity index (χ3v) is 4.11. The van der Waals surface area contributed by atoms with Gasteiger partial charge in [-0.25, -0.2) is 4.79 Å². The molecule has 0 spiro atoms.